The van der Waals surface area contributed by atoms with Crippen LogP contribution in [0.4, 0.5) is 4.39 Å². The fourth-order valence-electron chi connectivity index (χ4n) is 5.08. The second-order valence-corrected chi connectivity index (χ2v) is 9.50. The van der Waals surface area contributed by atoms with Gasteiger partial charge in [-0.15, -0.1) is 0 Å². The lowest BCUT2D eigenvalue weighted by Gasteiger charge is -2.29. The van der Waals surface area contributed by atoms with Gasteiger partial charge in [-0.1, -0.05) is 94.7 Å². The van der Waals surface area contributed by atoms with E-state index in [4.69, 9.17) is 0 Å². The van der Waals surface area contributed by atoms with Crippen molar-refractivity contribution in [3.05, 3.63) is 59.4 Å². The fourth-order valence-corrected chi connectivity index (χ4v) is 5.08. The van der Waals surface area contributed by atoms with Crippen molar-refractivity contribution in [2.75, 3.05) is 0 Å². The van der Waals surface area contributed by atoms with Gasteiger partial charge < -0.3 is 0 Å². The lowest BCUT2D eigenvalue weighted by Crippen LogP contribution is -2.13. The molecule has 0 aromatic heterocycles. The van der Waals surface area contributed by atoms with E-state index in [9.17, 15) is 9.18 Å². The van der Waals surface area contributed by atoms with Gasteiger partial charge in [0.25, 0.3) is 0 Å². The summed E-state index contributed by atoms with van der Waals surface area (Å²) in [5.41, 5.74) is 3.25. The van der Waals surface area contributed by atoms with Crippen LogP contribution in [0.25, 0.3) is 11.1 Å². The maximum atomic E-state index is 14.9. The van der Waals surface area contributed by atoms with Gasteiger partial charge in [-0.2, -0.15) is 0 Å². The van der Waals surface area contributed by atoms with E-state index in [0.29, 0.717) is 17.0 Å². The Morgan fingerprint density at radius 1 is 0.871 bits per heavy atom. The van der Waals surface area contributed by atoms with Crippen molar-refractivity contribution < 1.29 is 9.18 Å². The van der Waals surface area contributed by atoms with E-state index in [1.165, 1.54) is 77.0 Å². The van der Waals surface area contributed by atoms with Crippen LogP contribution in [-0.2, 0) is 0 Å². The summed E-state index contributed by atoms with van der Waals surface area (Å²) in [6.07, 6.45) is 16.0. The predicted molar refractivity (Wildman–Crippen MR) is 129 cm³/mol. The molecule has 1 aliphatic rings. The molecule has 1 fully saturated rings. The zero-order valence-corrected chi connectivity index (χ0v) is 19.5. The van der Waals surface area contributed by atoms with Gasteiger partial charge in [0.2, 0.25) is 0 Å². The van der Waals surface area contributed by atoms with Crippen LogP contribution in [0.1, 0.15) is 113 Å². The third kappa shape index (κ3) is 7.02. The van der Waals surface area contributed by atoms with E-state index in [0.717, 1.165) is 17.0 Å². The van der Waals surface area contributed by atoms with Crippen molar-refractivity contribution in [3.63, 3.8) is 0 Å². The largest absolute Gasteiger partial charge is 0.295 e. The Balaban J connectivity index is 1.46. The molecule has 0 atom stereocenters. The van der Waals surface area contributed by atoms with Gasteiger partial charge >= 0.3 is 0 Å². The fraction of sp³-hybridized carbons (Fsp3) is 0.552. The average Bonchev–Trinajstić information content (AvgIpc) is 2.79. The average molecular weight is 423 g/mol. The van der Waals surface area contributed by atoms with Crippen molar-refractivity contribution in [2.45, 2.75) is 96.8 Å². The topological polar surface area (TPSA) is 17.1 Å². The molecule has 0 unspecified atom stereocenters. The molecule has 2 aromatic rings. The summed E-state index contributed by atoms with van der Waals surface area (Å²) < 4.78 is 14.9. The van der Waals surface area contributed by atoms with Crippen LogP contribution in [0.15, 0.2) is 42.5 Å². The summed E-state index contributed by atoms with van der Waals surface area (Å²) in [7, 11) is 0. The minimum Gasteiger partial charge on any atom is -0.295 e. The molecule has 2 aromatic carbocycles. The minimum atomic E-state index is -0.154. The molecule has 0 saturated heterocycles. The van der Waals surface area contributed by atoms with E-state index in [1.54, 1.807) is 25.1 Å². The van der Waals surface area contributed by atoms with Gasteiger partial charge in [-0.25, -0.2) is 4.39 Å². The molecule has 0 N–H and O–H groups in total. The molecule has 0 bridgehead atoms. The molecule has 0 spiro atoms. The Hall–Kier alpha value is -1.96. The first kappa shape index (κ1) is 23.7. The van der Waals surface area contributed by atoms with Crippen molar-refractivity contribution in [1.82, 2.24) is 0 Å². The highest BCUT2D eigenvalue weighted by atomic mass is 19.1. The van der Waals surface area contributed by atoms with Gasteiger partial charge in [0.15, 0.2) is 5.78 Å². The third-order valence-electron chi connectivity index (χ3n) is 7.13. The molecular formula is C29H39FO. The number of Topliss-reactive ketones (excluding diaryl/α,β-unsaturated/α-hetero) is 1. The molecule has 0 radical (unpaired) electrons. The Bertz CT molecular complexity index is 815. The van der Waals surface area contributed by atoms with Gasteiger partial charge in [0.1, 0.15) is 5.82 Å². The van der Waals surface area contributed by atoms with Crippen LogP contribution < -0.4 is 0 Å². The van der Waals surface area contributed by atoms with Gasteiger partial charge in [-0.3, -0.25) is 4.79 Å². The first-order chi connectivity index (χ1) is 15.1. The zero-order valence-electron chi connectivity index (χ0n) is 19.5. The number of benzene rings is 2. The van der Waals surface area contributed by atoms with E-state index in [1.807, 2.05) is 18.2 Å². The standard InChI is InChI=1S/C29H39FO/c1-3-4-5-6-7-8-9-10-23-11-13-25(14-12-23)27-19-20-28(29(30)21-27)26-17-15-24(16-18-26)22(2)31/h15-21,23,25H,3-14H2,1-2H3. The van der Waals surface area contributed by atoms with Crippen LogP contribution >= 0.6 is 0 Å². The van der Waals surface area contributed by atoms with Crippen LogP contribution in [0, 0.1) is 11.7 Å². The molecular weight excluding hydrogens is 383 g/mol. The third-order valence-corrected chi connectivity index (χ3v) is 7.13. The SMILES string of the molecule is CCCCCCCCCC1CCC(c2ccc(-c3ccc(C(C)=O)cc3)c(F)c2)CC1. The zero-order chi connectivity index (χ0) is 22.1. The number of rotatable bonds is 11. The van der Waals surface area contributed by atoms with Crippen molar-refractivity contribution in [1.29, 1.82) is 0 Å². The van der Waals surface area contributed by atoms with E-state index in [-0.39, 0.29) is 11.6 Å². The first-order valence-electron chi connectivity index (χ1n) is 12.5. The highest BCUT2D eigenvalue weighted by molar-refractivity contribution is 5.94. The molecule has 2 heteroatoms. The van der Waals surface area contributed by atoms with Crippen LogP contribution in [0.3, 0.4) is 0 Å². The summed E-state index contributed by atoms with van der Waals surface area (Å²) in [5, 5.41) is 0. The summed E-state index contributed by atoms with van der Waals surface area (Å²) in [6, 6.07) is 13.0. The number of carbonyl (C=O) groups excluding carboxylic acids is 1. The molecule has 168 valence electrons. The molecule has 1 nitrogen and oxygen atoms in total. The molecule has 1 aliphatic carbocycles. The first-order valence-corrected chi connectivity index (χ1v) is 12.5. The van der Waals surface area contributed by atoms with E-state index >= 15 is 0 Å². The maximum Gasteiger partial charge on any atom is 0.159 e. The number of halogens is 1. The smallest absolute Gasteiger partial charge is 0.159 e. The number of hydrogen-bond donors (Lipinski definition) is 0. The van der Waals surface area contributed by atoms with Crippen molar-refractivity contribution >= 4 is 5.78 Å². The van der Waals surface area contributed by atoms with Gasteiger partial charge in [-0.05, 0) is 61.6 Å². The van der Waals surface area contributed by atoms with Crippen LogP contribution in [0.5, 0.6) is 0 Å². The lowest BCUT2D eigenvalue weighted by atomic mass is 9.77. The highest BCUT2D eigenvalue weighted by Gasteiger charge is 2.23. The van der Waals surface area contributed by atoms with Crippen LogP contribution in [-0.4, -0.2) is 5.78 Å². The number of carbonyl (C=O) groups is 1. The predicted octanol–water partition coefficient (Wildman–Crippen LogP) is 9.11. The summed E-state index contributed by atoms with van der Waals surface area (Å²) >= 11 is 0. The summed E-state index contributed by atoms with van der Waals surface area (Å²) in [5.74, 6) is 1.24. The van der Waals surface area contributed by atoms with E-state index < -0.39 is 0 Å². The van der Waals surface area contributed by atoms with Crippen molar-refractivity contribution in [3.8, 4) is 11.1 Å². The van der Waals surface area contributed by atoms with Crippen molar-refractivity contribution in [2.24, 2.45) is 5.92 Å². The Morgan fingerprint density at radius 3 is 2.13 bits per heavy atom. The molecule has 0 amide bonds. The Labute approximate surface area is 188 Å². The summed E-state index contributed by atoms with van der Waals surface area (Å²) in [4.78, 5) is 11.5. The highest BCUT2D eigenvalue weighted by Crippen LogP contribution is 2.39. The lowest BCUT2D eigenvalue weighted by molar-refractivity contribution is 0.101. The maximum absolute atomic E-state index is 14.9. The Morgan fingerprint density at radius 2 is 1.52 bits per heavy atom. The second-order valence-electron chi connectivity index (χ2n) is 9.50. The molecule has 1 saturated carbocycles. The number of ketones is 1. The van der Waals surface area contributed by atoms with Gasteiger partial charge in [0, 0.05) is 11.1 Å². The quantitative estimate of drug-likeness (QED) is 0.261. The summed E-state index contributed by atoms with van der Waals surface area (Å²) in [6.45, 7) is 3.82. The molecule has 0 heterocycles. The normalized spacial score (nSPS) is 18.8. The number of unbranched alkanes of at least 4 members (excludes halogenated alkanes) is 6. The van der Waals surface area contributed by atoms with Crippen LogP contribution in [0.2, 0.25) is 0 Å². The second kappa shape index (κ2) is 12.2. The van der Waals surface area contributed by atoms with Gasteiger partial charge in [0.05, 0.1) is 0 Å². The van der Waals surface area contributed by atoms with E-state index in [2.05, 4.69) is 13.0 Å². The molecule has 3 rings (SSSR count). The molecule has 31 heavy (non-hydrogen) atoms. The molecule has 0 aliphatic heterocycles. The Kier molecular flexibility index (Phi) is 9.31. The number of hydrogen-bond acceptors (Lipinski definition) is 1. The minimum absolute atomic E-state index is 0.0324. The monoisotopic (exact) mass is 422 g/mol.